The third-order valence-electron chi connectivity index (χ3n) is 6.33. The molecule has 1 atom stereocenters. The number of alkyl halides is 3. The molecule has 4 rings (SSSR count). The van der Waals surface area contributed by atoms with Crippen molar-refractivity contribution in [2.24, 2.45) is 0 Å². The van der Waals surface area contributed by atoms with Gasteiger partial charge < -0.3 is 14.7 Å². The van der Waals surface area contributed by atoms with Crippen LogP contribution in [0.3, 0.4) is 0 Å². The van der Waals surface area contributed by atoms with E-state index in [0.29, 0.717) is 28.6 Å². The molecular weight excluding hydrogens is 542 g/mol. The van der Waals surface area contributed by atoms with Gasteiger partial charge in [-0.2, -0.15) is 13.2 Å². The van der Waals surface area contributed by atoms with E-state index in [0.717, 1.165) is 23.3 Å². The van der Waals surface area contributed by atoms with Crippen LogP contribution in [-0.4, -0.2) is 34.0 Å². The zero-order chi connectivity index (χ0) is 27.7. The fourth-order valence-corrected chi connectivity index (χ4v) is 4.96. The number of fused-ring (bicyclic) bond motifs is 1. The number of ether oxygens (including phenoxy) is 1. The maximum atomic E-state index is 13.4. The fourth-order valence-electron chi connectivity index (χ4n) is 4.57. The van der Waals surface area contributed by atoms with Crippen LogP contribution in [0.4, 0.5) is 13.2 Å². The Labute approximate surface area is 227 Å². The molecule has 1 heterocycles. The van der Waals surface area contributed by atoms with Gasteiger partial charge in [0.2, 0.25) is 0 Å². The van der Waals surface area contributed by atoms with E-state index in [2.05, 4.69) is 0 Å². The Bertz CT molecular complexity index is 1380. The summed E-state index contributed by atoms with van der Waals surface area (Å²) in [5, 5.41) is 10.0. The van der Waals surface area contributed by atoms with Crippen LogP contribution in [0.15, 0.2) is 60.7 Å². The van der Waals surface area contributed by atoms with Gasteiger partial charge >= 0.3 is 12.1 Å². The molecule has 0 saturated heterocycles. The van der Waals surface area contributed by atoms with Crippen LogP contribution in [0.25, 0.3) is 0 Å². The lowest BCUT2D eigenvalue weighted by molar-refractivity contribution is -0.138. The van der Waals surface area contributed by atoms with Crippen LogP contribution in [0, 0.1) is 0 Å². The summed E-state index contributed by atoms with van der Waals surface area (Å²) >= 11 is 12.5. The number of hydrogen-bond acceptors (Lipinski definition) is 3. The number of carboxylic acids is 1. The Balaban J connectivity index is 1.55. The van der Waals surface area contributed by atoms with E-state index in [4.69, 9.17) is 33.0 Å². The summed E-state index contributed by atoms with van der Waals surface area (Å²) < 4.78 is 45.7. The topological polar surface area (TPSA) is 66.8 Å². The standard InChI is InChI=1S/C28H24Cl2F3NO4/c1-27(14-19-5-3-7-22(29)25(19)30)15-20-13-18(8-9-23(20)38-27)26(37)34(11-10-24(35)36)16-17-4-2-6-21(12-17)28(31,32)33/h2-9,12-13H,10-11,14-16H2,1H3,(H,35,36). The highest BCUT2D eigenvalue weighted by molar-refractivity contribution is 6.42. The predicted octanol–water partition coefficient (Wildman–Crippen LogP) is 7.07. The Morgan fingerprint density at radius 1 is 1.08 bits per heavy atom. The minimum Gasteiger partial charge on any atom is -0.487 e. The Kier molecular flexibility index (Phi) is 7.95. The Hall–Kier alpha value is -3.23. The van der Waals surface area contributed by atoms with Gasteiger partial charge in [-0.15, -0.1) is 0 Å². The van der Waals surface area contributed by atoms with Gasteiger partial charge in [-0.25, -0.2) is 0 Å². The van der Waals surface area contributed by atoms with E-state index in [9.17, 15) is 22.8 Å². The van der Waals surface area contributed by atoms with Crippen molar-refractivity contribution in [3.05, 3.63) is 98.5 Å². The average Bonchev–Trinajstić information content (AvgIpc) is 3.18. The second-order valence-corrected chi connectivity index (χ2v) is 10.3. The van der Waals surface area contributed by atoms with E-state index in [-0.39, 0.29) is 30.6 Å². The van der Waals surface area contributed by atoms with Crippen molar-refractivity contribution in [3.63, 3.8) is 0 Å². The van der Waals surface area contributed by atoms with Crippen molar-refractivity contribution in [3.8, 4) is 5.75 Å². The first-order valence-corrected chi connectivity index (χ1v) is 12.5. The van der Waals surface area contributed by atoms with Crippen LogP contribution in [0.5, 0.6) is 5.75 Å². The molecule has 1 aliphatic rings. The van der Waals surface area contributed by atoms with Crippen LogP contribution in [0.1, 0.15) is 46.0 Å². The molecule has 200 valence electrons. The number of halogens is 5. The molecule has 0 aliphatic carbocycles. The van der Waals surface area contributed by atoms with E-state index < -0.39 is 29.2 Å². The molecule has 0 bridgehead atoms. The maximum absolute atomic E-state index is 13.4. The molecule has 0 saturated carbocycles. The summed E-state index contributed by atoms with van der Waals surface area (Å²) in [4.78, 5) is 25.9. The van der Waals surface area contributed by atoms with E-state index >= 15 is 0 Å². The van der Waals surface area contributed by atoms with Crippen molar-refractivity contribution in [2.45, 2.75) is 44.5 Å². The highest BCUT2D eigenvalue weighted by atomic mass is 35.5. The molecule has 3 aromatic carbocycles. The van der Waals surface area contributed by atoms with Crippen molar-refractivity contribution in [1.82, 2.24) is 4.90 Å². The number of hydrogen-bond donors (Lipinski definition) is 1. The number of carbonyl (C=O) groups excluding carboxylic acids is 1. The number of aliphatic carboxylic acids is 1. The summed E-state index contributed by atoms with van der Waals surface area (Å²) in [5.74, 6) is -1.00. The largest absolute Gasteiger partial charge is 0.487 e. The van der Waals surface area contributed by atoms with Gasteiger partial charge in [-0.05, 0) is 60.0 Å². The number of benzene rings is 3. The normalized spacial score (nSPS) is 16.6. The van der Waals surface area contributed by atoms with Gasteiger partial charge in [0.15, 0.2) is 0 Å². The first-order chi connectivity index (χ1) is 17.8. The molecule has 0 fully saturated rings. The lowest BCUT2D eigenvalue weighted by Crippen LogP contribution is -2.33. The zero-order valence-electron chi connectivity index (χ0n) is 20.3. The molecule has 10 heteroatoms. The highest BCUT2D eigenvalue weighted by Gasteiger charge is 2.36. The molecule has 3 aromatic rings. The second kappa shape index (κ2) is 10.9. The molecule has 0 aromatic heterocycles. The summed E-state index contributed by atoms with van der Waals surface area (Å²) in [5.41, 5.74) is 0.665. The minimum atomic E-state index is -4.53. The number of carboxylic acid groups (broad SMARTS) is 1. The number of nitrogens with zero attached hydrogens (tertiary/aromatic N) is 1. The smallest absolute Gasteiger partial charge is 0.416 e. The van der Waals surface area contributed by atoms with Gasteiger partial charge in [-0.1, -0.05) is 47.5 Å². The lowest BCUT2D eigenvalue weighted by Gasteiger charge is -2.24. The number of amides is 1. The van der Waals surface area contributed by atoms with E-state index in [1.807, 2.05) is 19.1 Å². The molecule has 0 radical (unpaired) electrons. The first kappa shape index (κ1) is 27.8. The molecule has 38 heavy (non-hydrogen) atoms. The first-order valence-electron chi connectivity index (χ1n) is 11.8. The summed E-state index contributed by atoms with van der Waals surface area (Å²) in [6.07, 6.45) is -3.93. The van der Waals surface area contributed by atoms with Crippen LogP contribution in [0.2, 0.25) is 10.0 Å². The minimum absolute atomic E-state index is 0.164. The summed E-state index contributed by atoms with van der Waals surface area (Å²) in [7, 11) is 0. The molecule has 1 amide bonds. The average molecular weight is 566 g/mol. The van der Waals surface area contributed by atoms with Crippen molar-refractivity contribution in [1.29, 1.82) is 0 Å². The number of rotatable bonds is 8. The monoisotopic (exact) mass is 565 g/mol. The lowest BCUT2D eigenvalue weighted by atomic mass is 9.91. The fraction of sp³-hybridized carbons (Fsp3) is 0.286. The van der Waals surface area contributed by atoms with Crippen LogP contribution >= 0.6 is 23.2 Å². The summed E-state index contributed by atoms with van der Waals surface area (Å²) in [6, 6.07) is 14.9. The van der Waals surface area contributed by atoms with Crippen LogP contribution < -0.4 is 4.74 Å². The van der Waals surface area contributed by atoms with Crippen LogP contribution in [-0.2, 0) is 30.4 Å². The molecule has 0 spiro atoms. The van der Waals surface area contributed by atoms with Crippen molar-refractivity contribution in [2.75, 3.05) is 6.54 Å². The van der Waals surface area contributed by atoms with Gasteiger partial charge in [0.1, 0.15) is 11.4 Å². The summed E-state index contributed by atoms with van der Waals surface area (Å²) in [6.45, 7) is 1.59. The second-order valence-electron chi connectivity index (χ2n) is 9.51. The zero-order valence-corrected chi connectivity index (χ0v) is 21.8. The molecule has 1 aliphatic heterocycles. The quantitative estimate of drug-likeness (QED) is 0.317. The Morgan fingerprint density at radius 2 is 1.82 bits per heavy atom. The third-order valence-corrected chi connectivity index (χ3v) is 7.19. The highest BCUT2D eigenvalue weighted by Crippen LogP contribution is 2.39. The van der Waals surface area contributed by atoms with Gasteiger partial charge in [0, 0.05) is 31.5 Å². The van der Waals surface area contributed by atoms with E-state index in [1.165, 1.54) is 17.0 Å². The number of carbonyl (C=O) groups is 2. The van der Waals surface area contributed by atoms with Gasteiger partial charge in [-0.3, -0.25) is 9.59 Å². The third kappa shape index (κ3) is 6.42. The molecule has 5 nitrogen and oxygen atoms in total. The molecule has 1 N–H and O–H groups in total. The van der Waals surface area contributed by atoms with E-state index in [1.54, 1.807) is 24.3 Å². The predicted molar refractivity (Wildman–Crippen MR) is 138 cm³/mol. The van der Waals surface area contributed by atoms with Crippen molar-refractivity contribution >= 4 is 35.1 Å². The Morgan fingerprint density at radius 3 is 2.53 bits per heavy atom. The van der Waals surface area contributed by atoms with Crippen molar-refractivity contribution < 1.29 is 32.6 Å². The molecular formula is C28H24Cl2F3NO4. The SMILES string of the molecule is CC1(Cc2cccc(Cl)c2Cl)Cc2cc(C(=O)N(CCC(=O)O)Cc3cccc(C(F)(F)F)c3)ccc2O1. The van der Waals surface area contributed by atoms with Gasteiger partial charge in [0.25, 0.3) is 5.91 Å². The van der Waals surface area contributed by atoms with Gasteiger partial charge in [0.05, 0.1) is 22.0 Å². The maximum Gasteiger partial charge on any atom is 0.416 e. The molecule has 1 unspecified atom stereocenters.